The van der Waals surface area contributed by atoms with E-state index in [1.165, 1.54) is 23.5 Å². The molecule has 0 fully saturated rings. The molecule has 1 N–H and O–H groups in total. The number of aromatic carboxylic acids is 1. The van der Waals surface area contributed by atoms with E-state index in [9.17, 15) is 4.79 Å². The maximum absolute atomic E-state index is 10.9. The molecule has 0 aliphatic heterocycles. The Labute approximate surface area is 141 Å². The molecule has 3 rings (SSSR count). The summed E-state index contributed by atoms with van der Waals surface area (Å²) in [5.74, 6) is -0.954. The van der Waals surface area contributed by atoms with Crippen molar-refractivity contribution in [1.82, 2.24) is 9.78 Å². The molecule has 0 unspecified atom stereocenters. The van der Waals surface area contributed by atoms with Gasteiger partial charge in [-0.3, -0.25) is 0 Å². The molecule has 23 heavy (non-hydrogen) atoms. The molecule has 0 bridgehead atoms. The van der Waals surface area contributed by atoms with E-state index < -0.39 is 5.97 Å². The molecule has 5 nitrogen and oxygen atoms in total. The zero-order valence-corrected chi connectivity index (χ0v) is 13.7. The van der Waals surface area contributed by atoms with E-state index in [1.54, 1.807) is 16.8 Å². The number of hydrogen-bond acceptors (Lipinski definition) is 4. The molecule has 1 heterocycles. The Kier molecular flexibility index (Phi) is 4.27. The lowest BCUT2D eigenvalue weighted by molar-refractivity contribution is 0.0697. The van der Waals surface area contributed by atoms with Crippen LogP contribution < -0.4 is 4.80 Å². The molecule has 0 saturated carbocycles. The van der Waals surface area contributed by atoms with Crippen LogP contribution in [0.4, 0.5) is 5.69 Å². The van der Waals surface area contributed by atoms with Gasteiger partial charge in [0, 0.05) is 17.6 Å². The molecular weight excluding hydrogens is 334 g/mol. The van der Waals surface area contributed by atoms with Crippen LogP contribution in [0.25, 0.3) is 10.6 Å². The molecule has 0 saturated heterocycles. The van der Waals surface area contributed by atoms with Gasteiger partial charge in [0.05, 0.1) is 11.3 Å². The van der Waals surface area contributed by atoms with Crippen LogP contribution in [0.15, 0.2) is 53.5 Å². The zero-order chi connectivity index (χ0) is 16.4. The molecule has 0 spiro atoms. The van der Waals surface area contributed by atoms with Crippen LogP contribution in [0.3, 0.4) is 0 Å². The summed E-state index contributed by atoms with van der Waals surface area (Å²) >= 11 is 7.34. The first-order valence-corrected chi connectivity index (χ1v) is 7.90. The highest BCUT2D eigenvalue weighted by atomic mass is 35.5. The van der Waals surface area contributed by atoms with Crippen LogP contribution in [-0.4, -0.2) is 20.9 Å². The van der Waals surface area contributed by atoms with Crippen molar-refractivity contribution in [3.8, 4) is 10.6 Å². The molecule has 0 amide bonds. The van der Waals surface area contributed by atoms with E-state index in [0.717, 1.165) is 15.4 Å². The SMILES string of the molecule is Cn1nc(-c2ccc(Cl)cc2)s/c1=N/c1ccc(C(=O)O)cc1. The van der Waals surface area contributed by atoms with Gasteiger partial charge < -0.3 is 5.11 Å². The first-order valence-electron chi connectivity index (χ1n) is 6.71. The van der Waals surface area contributed by atoms with Crippen molar-refractivity contribution in [1.29, 1.82) is 0 Å². The summed E-state index contributed by atoms with van der Waals surface area (Å²) in [7, 11) is 1.82. The van der Waals surface area contributed by atoms with Crippen LogP contribution in [0.1, 0.15) is 10.4 Å². The van der Waals surface area contributed by atoms with Crippen LogP contribution >= 0.6 is 22.9 Å². The number of benzene rings is 2. The topological polar surface area (TPSA) is 67.5 Å². The van der Waals surface area contributed by atoms with Crippen molar-refractivity contribution in [2.45, 2.75) is 0 Å². The Morgan fingerprint density at radius 3 is 2.43 bits per heavy atom. The van der Waals surface area contributed by atoms with E-state index in [-0.39, 0.29) is 5.56 Å². The van der Waals surface area contributed by atoms with E-state index in [1.807, 2.05) is 31.3 Å². The van der Waals surface area contributed by atoms with Crippen LogP contribution in [0.5, 0.6) is 0 Å². The lowest BCUT2D eigenvalue weighted by Crippen LogP contribution is -2.10. The predicted molar refractivity (Wildman–Crippen MR) is 90.2 cm³/mol. The molecule has 3 aromatic rings. The fourth-order valence-corrected chi connectivity index (χ4v) is 2.99. The molecule has 0 aliphatic carbocycles. The average molecular weight is 346 g/mol. The van der Waals surface area contributed by atoms with E-state index >= 15 is 0 Å². The molecule has 2 aromatic carbocycles. The van der Waals surface area contributed by atoms with Crippen LogP contribution in [-0.2, 0) is 7.05 Å². The van der Waals surface area contributed by atoms with E-state index in [2.05, 4.69) is 10.1 Å². The third-order valence-electron chi connectivity index (χ3n) is 3.14. The maximum atomic E-state index is 10.9. The Morgan fingerprint density at radius 2 is 1.83 bits per heavy atom. The van der Waals surface area contributed by atoms with Gasteiger partial charge in [0.2, 0.25) is 4.80 Å². The Morgan fingerprint density at radius 1 is 1.17 bits per heavy atom. The molecule has 1 aromatic heterocycles. The number of carbonyl (C=O) groups is 1. The highest BCUT2D eigenvalue weighted by molar-refractivity contribution is 7.12. The second-order valence-electron chi connectivity index (χ2n) is 4.78. The first-order chi connectivity index (χ1) is 11.0. The van der Waals surface area contributed by atoms with Crippen LogP contribution in [0, 0.1) is 0 Å². The second-order valence-corrected chi connectivity index (χ2v) is 6.18. The van der Waals surface area contributed by atoms with E-state index in [4.69, 9.17) is 16.7 Å². The fourth-order valence-electron chi connectivity index (χ4n) is 1.95. The van der Waals surface area contributed by atoms with Gasteiger partial charge in [-0.15, -0.1) is 0 Å². The number of rotatable bonds is 3. The quantitative estimate of drug-likeness (QED) is 0.786. The number of halogens is 1. The molecule has 116 valence electrons. The third kappa shape index (κ3) is 3.49. The lowest BCUT2D eigenvalue weighted by Gasteiger charge is -1.95. The van der Waals surface area contributed by atoms with Crippen molar-refractivity contribution in [2.75, 3.05) is 0 Å². The van der Waals surface area contributed by atoms with Crippen LogP contribution in [0.2, 0.25) is 5.02 Å². The summed E-state index contributed by atoms with van der Waals surface area (Å²) in [6.07, 6.45) is 0. The van der Waals surface area contributed by atoms with Gasteiger partial charge in [-0.05, 0) is 36.4 Å². The number of aryl methyl sites for hydroxylation is 1. The minimum Gasteiger partial charge on any atom is -0.478 e. The molecule has 0 atom stereocenters. The van der Waals surface area contributed by atoms with E-state index in [0.29, 0.717) is 10.7 Å². The minimum atomic E-state index is -0.954. The standard InChI is InChI=1S/C16H12ClN3O2S/c1-20-16(18-13-8-4-11(5-9-13)15(21)22)23-14(19-20)10-2-6-12(17)7-3-10/h2-9H,1H3,(H,21,22)/b18-16+. The molecular formula is C16H12ClN3O2S. The Hall–Kier alpha value is -2.44. The normalized spacial score (nSPS) is 11.7. The number of hydrogen-bond donors (Lipinski definition) is 1. The summed E-state index contributed by atoms with van der Waals surface area (Å²) in [6.45, 7) is 0. The monoisotopic (exact) mass is 345 g/mol. The Bertz CT molecular complexity index is 912. The van der Waals surface area contributed by atoms with Gasteiger partial charge in [0.15, 0.2) is 0 Å². The maximum Gasteiger partial charge on any atom is 0.335 e. The highest BCUT2D eigenvalue weighted by Gasteiger charge is 2.06. The third-order valence-corrected chi connectivity index (χ3v) is 4.44. The van der Waals surface area contributed by atoms with Crippen molar-refractivity contribution in [3.05, 3.63) is 63.9 Å². The molecule has 0 radical (unpaired) electrons. The van der Waals surface area contributed by atoms with Crippen molar-refractivity contribution in [3.63, 3.8) is 0 Å². The minimum absolute atomic E-state index is 0.236. The summed E-state index contributed by atoms with van der Waals surface area (Å²) < 4.78 is 1.69. The molecule has 0 aliphatic rings. The summed E-state index contributed by atoms with van der Waals surface area (Å²) in [5, 5.41) is 14.9. The summed E-state index contributed by atoms with van der Waals surface area (Å²) in [5.41, 5.74) is 1.88. The second kappa shape index (κ2) is 6.36. The number of carboxylic acid groups (broad SMARTS) is 1. The summed E-state index contributed by atoms with van der Waals surface area (Å²) in [6, 6.07) is 13.9. The van der Waals surface area contributed by atoms with Gasteiger partial charge in [0.25, 0.3) is 0 Å². The van der Waals surface area contributed by atoms with Gasteiger partial charge in [-0.25, -0.2) is 14.5 Å². The average Bonchev–Trinajstić information content (AvgIpc) is 2.89. The number of aromatic nitrogens is 2. The van der Waals surface area contributed by atoms with Gasteiger partial charge >= 0.3 is 5.97 Å². The lowest BCUT2D eigenvalue weighted by atomic mass is 10.2. The summed E-state index contributed by atoms with van der Waals surface area (Å²) in [4.78, 5) is 16.1. The first kappa shape index (κ1) is 15.5. The largest absolute Gasteiger partial charge is 0.478 e. The Balaban J connectivity index is 1.97. The van der Waals surface area contributed by atoms with Gasteiger partial charge in [0.1, 0.15) is 5.01 Å². The number of carboxylic acids is 1. The van der Waals surface area contributed by atoms with Gasteiger partial charge in [-0.1, -0.05) is 35.1 Å². The highest BCUT2D eigenvalue weighted by Crippen LogP contribution is 2.22. The van der Waals surface area contributed by atoms with Crippen molar-refractivity contribution < 1.29 is 9.90 Å². The van der Waals surface area contributed by atoms with Gasteiger partial charge in [-0.2, -0.15) is 5.10 Å². The molecule has 7 heteroatoms. The van der Waals surface area contributed by atoms with Crippen molar-refractivity contribution >= 4 is 34.6 Å². The number of nitrogens with zero attached hydrogens (tertiary/aromatic N) is 3. The predicted octanol–water partition coefficient (Wildman–Crippen LogP) is 3.73. The van der Waals surface area contributed by atoms with Crippen molar-refractivity contribution in [2.24, 2.45) is 12.0 Å². The fraction of sp³-hybridized carbons (Fsp3) is 0.0625. The zero-order valence-electron chi connectivity index (χ0n) is 12.1. The smallest absolute Gasteiger partial charge is 0.335 e.